The monoisotopic (exact) mass is 386 g/mol. The first-order valence-corrected chi connectivity index (χ1v) is 9.96. The van der Waals surface area contributed by atoms with Crippen molar-refractivity contribution < 1.29 is 19.4 Å². The molecule has 6 nitrogen and oxygen atoms in total. The van der Waals surface area contributed by atoms with Crippen molar-refractivity contribution in [3.8, 4) is 6.07 Å². The van der Waals surface area contributed by atoms with Crippen molar-refractivity contribution in [3.05, 3.63) is 34.4 Å². The number of ether oxygens (including phenoxy) is 1. The maximum absolute atomic E-state index is 12.2. The first-order valence-electron chi connectivity index (χ1n) is 9.96. The van der Waals surface area contributed by atoms with Gasteiger partial charge in [-0.15, -0.1) is 0 Å². The Hall–Kier alpha value is -2.55. The zero-order chi connectivity index (χ0) is 20.9. The second kappa shape index (κ2) is 9.09. The van der Waals surface area contributed by atoms with Crippen LogP contribution in [0.3, 0.4) is 0 Å². The van der Waals surface area contributed by atoms with Crippen molar-refractivity contribution in [2.24, 2.45) is 5.92 Å². The summed E-state index contributed by atoms with van der Waals surface area (Å²) in [5.74, 6) is 0.0162. The fraction of sp³-hybridized carbons (Fsp3) is 0.591. The molecule has 0 radical (unpaired) electrons. The third kappa shape index (κ3) is 4.30. The fourth-order valence-corrected chi connectivity index (χ4v) is 4.52. The van der Waals surface area contributed by atoms with Crippen LogP contribution in [0.2, 0.25) is 0 Å². The van der Waals surface area contributed by atoms with Crippen LogP contribution >= 0.6 is 0 Å². The highest BCUT2D eigenvalue weighted by molar-refractivity contribution is 5.70. The summed E-state index contributed by atoms with van der Waals surface area (Å²) in [6.07, 6.45) is 1.69. The second-order valence-corrected chi connectivity index (χ2v) is 7.85. The molecule has 28 heavy (non-hydrogen) atoms. The van der Waals surface area contributed by atoms with Gasteiger partial charge in [0.2, 0.25) is 0 Å². The fourth-order valence-electron chi connectivity index (χ4n) is 4.52. The Morgan fingerprint density at radius 2 is 2.11 bits per heavy atom. The Morgan fingerprint density at radius 3 is 2.68 bits per heavy atom. The van der Waals surface area contributed by atoms with E-state index in [1.54, 1.807) is 17.9 Å². The predicted molar refractivity (Wildman–Crippen MR) is 106 cm³/mol. The summed E-state index contributed by atoms with van der Waals surface area (Å²) in [7, 11) is 0. The molecule has 0 saturated heterocycles. The van der Waals surface area contributed by atoms with E-state index in [2.05, 4.69) is 19.9 Å². The van der Waals surface area contributed by atoms with Gasteiger partial charge in [0.1, 0.15) is 0 Å². The Kier molecular flexibility index (Phi) is 7.06. The number of carbonyl (C=O) groups is 2. The molecule has 0 spiro atoms. The van der Waals surface area contributed by atoms with Crippen LogP contribution < -0.4 is 0 Å². The molecule has 0 aliphatic carbocycles. The van der Waals surface area contributed by atoms with Gasteiger partial charge >= 0.3 is 12.1 Å². The highest BCUT2D eigenvalue weighted by Crippen LogP contribution is 2.45. The molecule has 1 N–H and O–H groups in total. The summed E-state index contributed by atoms with van der Waals surface area (Å²) < 4.78 is 5.03. The van der Waals surface area contributed by atoms with E-state index < -0.39 is 11.6 Å². The lowest BCUT2D eigenvalue weighted by Crippen LogP contribution is -2.54. The van der Waals surface area contributed by atoms with Crippen LogP contribution in [0.25, 0.3) is 0 Å². The third-order valence-electron chi connectivity index (χ3n) is 5.58. The van der Waals surface area contributed by atoms with Crippen LogP contribution in [-0.4, -0.2) is 35.2 Å². The molecule has 1 amide bonds. The number of rotatable bonds is 7. The molecule has 1 heterocycles. The molecule has 1 aromatic rings. The predicted octanol–water partition coefficient (Wildman–Crippen LogP) is 4.38. The molecule has 152 valence electrons. The minimum absolute atomic E-state index is 0.254. The normalized spacial score (nSPS) is 18.5. The van der Waals surface area contributed by atoms with Gasteiger partial charge in [-0.05, 0) is 68.2 Å². The molecule has 1 aliphatic rings. The zero-order valence-electron chi connectivity index (χ0n) is 17.2. The molecule has 2 rings (SSSR count). The molecule has 1 aliphatic heterocycles. The van der Waals surface area contributed by atoms with Gasteiger partial charge in [0.25, 0.3) is 0 Å². The first-order chi connectivity index (χ1) is 13.3. The molecular formula is C22H30N2O4. The van der Waals surface area contributed by atoms with Crippen LogP contribution in [0.1, 0.15) is 68.7 Å². The highest BCUT2D eigenvalue weighted by atomic mass is 16.5. The molecule has 0 fully saturated rings. The van der Waals surface area contributed by atoms with E-state index in [-0.39, 0.29) is 18.3 Å². The topological polar surface area (TPSA) is 90.6 Å². The number of hydrogen-bond acceptors (Lipinski definition) is 4. The van der Waals surface area contributed by atoms with Crippen molar-refractivity contribution in [2.45, 2.75) is 65.3 Å². The number of nitrogens with zero attached hydrogens (tertiary/aromatic N) is 2. The lowest BCUT2D eigenvalue weighted by Gasteiger charge is -2.48. The molecular weight excluding hydrogens is 356 g/mol. The Labute approximate surface area is 167 Å². The van der Waals surface area contributed by atoms with Crippen LogP contribution in [0.4, 0.5) is 4.79 Å². The number of esters is 1. The van der Waals surface area contributed by atoms with Gasteiger partial charge < -0.3 is 9.84 Å². The van der Waals surface area contributed by atoms with E-state index in [4.69, 9.17) is 4.74 Å². The maximum atomic E-state index is 12.2. The summed E-state index contributed by atoms with van der Waals surface area (Å²) in [5.41, 5.74) is 2.93. The van der Waals surface area contributed by atoms with E-state index >= 15 is 0 Å². The summed E-state index contributed by atoms with van der Waals surface area (Å²) >= 11 is 0. The Bertz CT molecular complexity index is 781. The summed E-state index contributed by atoms with van der Waals surface area (Å²) in [4.78, 5) is 25.5. The van der Waals surface area contributed by atoms with Crippen LogP contribution in [0, 0.1) is 24.2 Å². The van der Waals surface area contributed by atoms with E-state index in [1.165, 1.54) is 0 Å². The first kappa shape index (κ1) is 21.7. The number of fused-ring (bicyclic) bond motifs is 1. The number of carbonyl (C=O) groups excluding carboxylic acids is 1. The molecule has 6 heteroatoms. The lowest BCUT2D eigenvalue weighted by molar-refractivity contribution is -0.143. The average Bonchev–Trinajstić information content (AvgIpc) is 2.62. The summed E-state index contributed by atoms with van der Waals surface area (Å²) in [6.45, 7) is 8.61. The number of carboxylic acid groups (broad SMARTS) is 1. The van der Waals surface area contributed by atoms with Crippen molar-refractivity contribution in [1.82, 2.24) is 4.90 Å². The van der Waals surface area contributed by atoms with Gasteiger partial charge in [0, 0.05) is 13.0 Å². The van der Waals surface area contributed by atoms with Gasteiger partial charge in [-0.2, -0.15) is 5.26 Å². The van der Waals surface area contributed by atoms with Crippen molar-refractivity contribution in [1.29, 1.82) is 5.26 Å². The van der Waals surface area contributed by atoms with E-state index in [0.29, 0.717) is 44.4 Å². The van der Waals surface area contributed by atoms with Crippen LogP contribution in [0.15, 0.2) is 12.1 Å². The average molecular weight is 386 g/mol. The van der Waals surface area contributed by atoms with Crippen molar-refractivity contribution in [2.75, 3.05) is 13.2 Å². The number of benzene rings is 1. The summed E-state index contributed by atoms with van der Waals surface area (Å²) in [6, 6.07) is 5.94. The Balaban J connectivity index is 2.51. The van der Waals surface area contributed by atoms with E-state index in [0.717, 1.165) is 16.7 Å². The number of hydrogen-bond donors (Lipinski definition) is 1. The zero-order valence-corrected chi connectivity index (χ0v) is 17.2. The van der Waals surface area contributed by atoms with Gasteiger partial charge in [-0.25, -0.2) is 4.79 Å². The van der Waals surface area contributed by atoms with E-state index in [9.17, 15) is 20.0 Å². The SMILES string of the molecule is CCOC(=O)CCCC1(CC(C)C)c2ccc(C#N)c(C)c2CCN1C(=O)O. The minimum atomic E-state index is -0.940. The quantitative estimate of drug-likeness (QED) is 0.702. The molecule has 1 unspecified atom stereocenters. The number of amides is 1. The minimum Gasteiger partial charge on any atom is -0.466 e. The summed E-state index contributed by atoms with van der Waals surface area (Å²) in [5, 5.41) is 19.3. The molecule has 0 bridgehead atoms. The standard InChI is InChI=1S/C22H30N2O4/c1-5-28-20(25)7-6-11-22(13-15(2)3)19-9-8-17(14-23)16(4)18(19)10-12-24(22)21(26)27/h8-9,15H,5-7,10-13H2,1-4H3,(H,26,27). The smallest absolute Gasteiger partial charge is 0.408 e. The molecule has 1 aromatic carbocycles. The lowest BCUT2D eigenvalue weighted by atomic mass is 9.71. The largest absolute Gasteiger partial charge is 0.466 e. The maximum Gasteiger partial charge on any atom is 0.408 e. The number of nitriles is 1. The van der Waals surface area contributed by atoms with Crippen molar-refractivity contribution >= 4 is 12.1 Å². The molecule has 1 atom stereocenters. The Morgan fingerprint density at radius 1 is 1.39 bits per heavy atom. The van der Waals surface area contributed by atoms with Gasteiger partial charge in [0.05, 0.1) is 23.8 Å². The van der Waals surface area contributed by atoms with Crippen molar-refractivity contribution in [3.63, 3.8) is 0 Å². The third-order valence-corrected chi connectivity index (χ3v) is 5.58. The van der Waals surface area contributed by atoms with Crippen LogP contribution in [-0.2, 0) is 21.5 Å². The van der Waals surface area contributed by atoms with Crippen LogP contribution in [0.5, 0.6) is 0 Å². The van der Waals surface area contributed by atoms with E-state index in [1.807, 2.05) is 13.0 Å². The molecule has 0 saturated carbocycles. The second-order valence-electron chi connectivity index (χ2n) is 7.85. The van der Waals surface area contributed by atoms with Gasteiger partial charge in [0.15, 0.2) is 0 Å². The molecule has 0 aromatic heterocycles. The van der Waals surface area contributed by atoms with Gasteiger partial charge in [-0.3, -0.25) is 9.69 Å². The van der Waals surface area contributed by atoms with Gasteiger partial charge in [-0.1, -0.05) is 19.9 Å². The highest BCUT2D eigenvalue weighted by Gasteiger charge is 2.45.